The zero-order chi connectivity index (χ0) is 22.3. The summed E-state index contributed by atoms with van der Waals surface area (Å²) in [6, 6.07) is -0.869. The van der Waals surface area contributed by atoms with Crippen molar-refractivity contribution in [2.45, 2.75) is 70.9 Å². The lowest BCUT2D eigenvalue weighted by molar-refractivity contribution is -0.870. The van der Waals surface area contributed by atoms with Crippen LogP contribution in [0.4, 0.5) is 0 Å². The van der Waals surface area contributed by atoms with Crippen molar-refractivity contribution in [1.29, 1.82) is 0 Å². The Kier molecular flexibility index (Phi) is 14.7. The van der Waals surface area contributed by atoms with Crippen LogP contribution in [0.2, 0.25) is 0 Å². The lowest BCUT2D eigenvalue weighted by Crippen LogP contribution is -2.45. The highest BCUT2D eigenvalue weighted by Crippen LogP contribution is 2.38. The number of quaternary nitrogens is 1. The first kappa shape index (κ1) is 28.2. The highest BCUT2D eigenvalue weighted by Gasteiger charge is 2.22. The lowest BCUT2D eigenvalue weighted by atomic mass is 10.1. The minimum atomic E-state index is -4.52. The Hall–Kier alpha value is -0.760. The topological polar surface area (TPSA) is 108 Å². The average molecular weight is 437 g/mol. The molecular formula is C20H41N2O6P. The fraction of sp³-hybridized carbons (Fsp3) is 0.850. The first-order chi connectivity index (χ1) is 13.5. The number of nitrogens with one attached hydrogen (secondary N) is 1. The highest BCUT2D eigenvalue weighted by atomic mass is 31.2. The Morgan fingerprint density at radius 2 is 1.83 bits per heavy atom. The van der Waals surface area contributed by atoms with E-state index in [0.29, 0.717) is 17.4 Å². The molecule has 1 amide bonds. The molecule has 8 nitrogen and oxygen atoms in total. The van der Waals surface area contributed by atoms with Crippen molar-refractivity contribution in [3.05, 3.63) is 12.2 Å². The molecule has 0 fully saturated rings. The van der Waals surface area contributed by atoms with Crippen molar-refractivity contribution < 1.29 is 32.9 Å². The molecular weight excluding hydrogens is 395 g/mol. The maximum Gasteiger partial charge on any atom is 0.268 e. The summed E-state index contributed by atoms with van der Waals surface area (Å²) in [4.78, 5) is 24.1. The van der Waals surface area contributed by atoms with Crippen molar-refractivity contribution in [2.24, 2.45) is 0 Å². The van der Waals surface area contributed by atoms with Crippen molar-refractivity contribution in [2.75, 3.05) is 40.9 Å². The van der Waals surface area contributed by atoms with E-state index in [4.69, 9.17) is 9.05 Å². The molecule has 0 aromatic rings. The lowest BCUT2D eigenvalue weighted by Gasteiger charge is -2.29. The van der Waals surface area contributed by atoms with Crippen LogP contribution in [0, 0.1) is 0 Å². The van der Waals surface area contributed by atoms with Crippen LogP contribution in [0.15, 0.2) is 12.2 Å². The van der Waals surface area contributed by atoms with E-state index in [9.17, 15) is 19.4 Å². The Bertz CT molecular complexity index is 522. The van der Waals surface area contributed by atoms with Crippen molar-refractivity contribution in [3.63, 3.8) is 0 Å². The SMILES string of the molecule is CCCCC/C=C/C(O)C(COP(=O)([O-])OCC[N+](C)(C)C)NC(=O)CCCC. The molecule has 0 rings (SSSR count). The van der Waals surface area contributed by atoms with E-state index >= 15 is 0 Å². The summed E-state index contributed by atoms with van der Waals surface area (Å²) in [5.41, 5.74) is 0. The van der Waals surface area contributed by atoms with Gasteiger partial charge in [0.2, 0.25) is 5.91 Å². The van der Waals surface area contributed by atoms with Crippen LogP contribution < -0.4 is 10.2 Å². The van der Waals surface area contributed by atoms with Gasteiger partial charge < -0.3 is 28.8 Å². The molecule has 172 valence electrons. The number of nitrogens with zero attached hydrogens (tertiary/aromatic N) is 1. The largest absolute Gasteiger partial charge is 0.756 e. The molecule has 0 aliphatic heterocycles. The molecule has 0 saturated heterocycles. The van der Waals surface area contributed by atoms with Gasteiger partial charge in [-0.25, -0.2) is 0 Å². The first-order valence-electron chi connectivity index (χ1n) is 10.6. The van der Waals surface area contributed by atoms with Gasteiger partial charge in [0, 0.05) is 6.42 Å². The molecule has 3 atom stereocenters. The fourth-order valence-electron chi connectivity index (χ4n) is 2.36. The number of carbonyl (C=O) groups excluding carboxylic acids is 1. The number of aliphatic hydroxyl groups excluding tert-OH is 1. The number of phosphoric ester groups is 1. The number of allylic oxidation sites excluding steroid dienone is 1. The summed E-state index contributed by atoms with van der Waals surface area (Å²) in [6.45, 7) is 4.20. The van der Waals surface area contributed by atoms with E-state index in [1.165, 1.54) is 0 Å². The van der Waals surface area contributed by atoms with Gasteiger partial charge in [-0.3, -0.25) is 9.36 Å². The van der Waals surface area contributed by atoms with Crippen LogP contribution >= 0.6 is 7.82 Å². The number of hydrogen-bond donors (Lipinski definition) is 2. The number of amides is 1. The number of hydrogen-bond acceptors (Lipinski definition) is 6. The van der Waals surface area contributed by atoms with E-state index in [0.717, 1.165) is 38.5 Å². The van der Waals surface area contributed by atoms with Crippen LogP contribution in [0.3, 0.4) is 0 Å². The predicted molar refractivity (Wildman–Crippen MR) is 113 cm³/mol. The van der Waals surface area contributed by atoms with Gasteiger partial charge in [-0.2, -0.15) is 0 Å². The van der Waals surface area contributed by atoms with Crippen LogP contribution in [-0.2, 0) is 18.4 Å². The standard InChI is InChI=1S/C20H41N2O6P/c1-6-8-10-11-12-13-19(23)18(21-20(24)14-9-7-2)17-28-29(25,26)27-16-15-22(3,4)5/h12-13,18-19,23H,6-11,14-17H2,1-5H3,(H-,21,24,25,26)/b13-12+. The number of rotatable bonds is 17. The summed E-state index contributed by atoms with van der Waals surface area (Å²) in [6.07, 6.45) is 8.31. The Balaban J connectivity index is 4.78. The first-order valence-corrected chi connectivity index (χ1v) is 12.0. The molecule has 9 heteroatoms. The summed E-state index contributed by atoms with van der Waals surface area (Å²) in [5.74, 6) is -0.245. The van der Waals surface area contributed by atoms with E-state index in [1.54, 1.807) is 6.08 Å². The third-order valence-electron chi connectivity index (χ3n) is 4.25. The number of phosphoric acid groups is 1. The number of unbranched alkanes of at least 4 members (excludes halogenated alkanes) is 4. The third-order valence-corrected chi connectivity index (χ3v) is 5.21. The quantitative estimate of drug-likeness (QED) is 0.157. The molecule has 0 aliphatic carbocycles. The van der Waals surface area contributed by atoms with Gasteiger partial charge in [-0.15, -0.1) is 0 Å². The second-order valence-corrected chi connectivity index (χ2v) is 9.69. The number of likely N-dealkylation sites (N-methyl/N-ethyl adjacent to an activating group) is 1. The van der Waals surface area contributed by atoms with Gasteiger partial charge in [0.05, 0.1) is 39.9 Å². The van der Waals surface area contributed by atoms with Crippen LogP contribution in [0.25, 0.3) is 0 Å². The monoisotopic (exact) mass is 436 g/mol. The van der Waals surface area contributed by atoms with E-state index in [1.807, 2.05) is 34.1 Å². The van der Waals surface area contributed by atoms with Crippen molar-refractivity contribution in [3.8, 4) is 0 Å². The molecule has 0 spiro atoms. The smallest absolute Gasteiger partial charge is 0.268 e. The van der Waals surface area contributed by atoms with Gasteiger partial charge in [0.1, 0.15) is 13.2 Å². The van der Waals surface area contributed by atoms with Gasteiger partial charge in [0.25, 0.3) is 7.82 Å². The zero-order valence-corrected chi connectivity index (χ0v) is 19.7. The second-order valence-electron chi connectivity index (χ2n) is 8.28. The maximum atomic E-state index is 12.1. The highest BCUT2D eigenvalue weighted by molar-refractivity contribution is 7.45. The molecule has 0 aromatic heterocycles. The molecule has 0 aromatic carbocycles. The van der Waals surface area contributed by atoms with Crippen molar-refractivity contribution in [1.82, 2.24) is 5.32 Å². The molecule has 0 heterocycles. The van der Waals surface area contributed by atoms with Crippen LogP contribution in [0.5, 0.6) is 0 Å². The number of aliphatic hydroxyl groups is 1. The minimum Gasteiger partial charge on any atom is -0.756 e. The van der Waals surface area contributed by atoms with E-state index in [2.05, 4.69) is 12.2 Å². The van der Waals surface area contributed by atoms with Gasteiger partial charge >= 0.3 is 0 Å². The molecule has 0 bridgehead atoms. The molecule has 3 unspecified atom stereocenters. The molecule has 29 heavy (non-hydrogen) atoms. The van der Waals surface area contributed by atoms with Crippen LogP contribution in [-0.4, -0.2) is 68.5 Å². The Morgan fingerprint density at radius 3 is 2.41 bits per heavy atom. The third kappa shape index (κ3) is 16.7. The zero-order valence-electron chi connectivity index (χ0n) is 18.8. The van der Waals surface area contributed by atoms with Crippen LogP contribution in [0.1, 0.15) is 58.8 Å². The molecule has 0 saturated carbocycles. The van der Waals surface area contributed by atoms with E-state index in [-0.39, 0.29) is 19.1 Å². The maximum absolute atomic E-state index is 12.1. The Morgan fingerprint density at radius 1 is 1.17 bits per heavy atom. The van der Waals surface area contributed by atoms with Crippen molar-refractivity contribution >= 4 is 13.7 Å². The summed E-state index contributed by atoms with van der Waals surface area (Å²) >= 11 is 0. The Labute approximate surface area is 176 Å². The molecule has 0 aliphatic rings. The summed E-state index contributed by atoms with van der Waals surface area (Å²) in [7, 11) is 1.24. The van der Waals surface area contributed by atoms with E-state index < -0.39 is 20.0 Å². The predicted octanol–water partition coefficient (Wildman–Crippen LogP) is 2.37. The summed E-state index contributed by atoms with van der Waals surface area (Å²) < 4.78 is 22.4. The molecule has 2 N–H and O–H groups in total. The van der Waals surface area contributed by atoms with Gasteiger partial charge in [-0.05, 0) is 19.3 Å². The average Bonchev–Trinajstić information content (AvgIpc) is 2.61. The van der Waals surface area contributed by atoms with Gasteiger partial charge in [-0.1, -0.05) is 45.3 Å². The minimum absolute atomic E-state index is 0.00229. The number of carbonyl (C=O) groups is 1. The fourth-order valence-corrected chi connectivity index (χ4v) is 3.08. The second kappa shape index (κ2) is 15.1. The normalized spacial score (nSPS) is 16.5. The van der Waals surface area contributed by atoms with Gasteiger partial charge in [0.15, 0.2) is 0 Å². The summed E-state index contributed by atoms with van der Waals surface area (Å²) in [5, 5.41) is 13.1. The molecule has 0 radical (unpaired) electrons.